The molecule has 0 saturated carbocycles. The second kappa shape index (κ2) is 10.8. The van der Waals surface area contributed by atoms with Gasteiger partial charge in [-0.15, -0.1) is 10.2 Å². The van der Waals surface area contributed by atoms with Gasteiger partial charge in [-0.2, -0.15) is 0 Å². The van der Waals surface area contributed by atoms with E-state index >= 15 is 0 Å². The second-order valence-corrected chi connectivity index (χ2v) is 8.60. The Morgan fingerprint density at radius 3 is 2.42 bits per heavy atom. The zero-order valence-corrected chi connectivity index (χ0v) is 19.6. The molecular weight excluding hydrogens is 430 g/mol. The van der Waals surface area contributed by atoms with Gasteiger partial charge in [-0.3, -0.25) is 4.57 Å². The maximum Gasteiger partial charge on any atom is 0.319 e. The van der Waals surface area contributed by atoms with Crippen molar-refractivity contribution in [3.63, 3.8) is 0 Å². The summed E-state index contributed by atoms with van der Waals surface area (Å²) in [5.41, 5.74) is 5.27. The lowest BCUT2D eigenvalue weighted by molar-refractivity contribution is 0.251. The molecule has 0 saturated heterocycles. The van der Waals surface area contributed by atoms with Gasteiger partial charge in [0.25, 0.3) is 0 Å². The van der Waals surface area contributed by atoms with Crippen molar-refractivity contribution in [2.24, 2.45) is 0 Å². The second-order valence-electron chi connectivity index (χ2n) is 7.66. The van der Waals surface area contributed by atoms with E-state index in [1.54, 1.807) is 11.8 Å². The third-order valence-corrected chi connectivity index (χ3v) is 6.26. The summed E-state index contributed by atoms with van der Waals surface area (Å²) in [6.07, 6.45) is 0.847. The number of carbonyl (C=O) groups excluding carboxylic acids is 1. The van der Waals surface area contributed by atoms with Crippen LogP contribution < -0.4 is 10.6 Å². The third kappa shape index (κ3) is 5.81. The number of benzene rings is 3. The molecule has 0 unspecified atom stereocenters. The van der Waals surface area contributed by atoms with Gasteiger partial charge in [-0.05, 0) is 42.7 Å². The minimum atomic E-state index is -0.271. The molecule has 7 heteroatoms. The molecule has 2 N–H and O–H groups in total. The maximum atomic E-state index is 12.6. The van der Waals surface area contributed by atoms with E-state index in [-0.39, 0.29) is 12.6 Å². The predicted octanol–water partition coefficient (Wildman–Crippen LogP) is 5.75. The number of carbonyl (C=O) groups is 1. The van der Waals surface area contributed by atoms with E-state index in [4.69, 9.17) is 0 Å². The topological polar surface area (TPSA) is 71.8 Å². The van der Waals surface area contributed by atoms with E-state index in [2.05, 4.69) is 58.9 Å². The monoisotopic (exact) mass is 457 g/mol. The molecule has 2 amide bonds. The summed E-state index contributed by atoms with van der Waals surface area (Å²) in [6, 6.07) is 26.0. The number of hydrogen-bond acceptors (Lipinski definition) is 4. The average molecular weight is 458 g/mol. The van der Waals surface area contributed by atoms with Crippen LogP contribution in [-0.2, 0) is 18.7 Å². The van der Waals surface area contributed by atoms with Crippen LogP contribution in [-0.4, -0.2) is 20.8 Å². The predicted molar refractivity (Wildman–Crippen MR) is 134 cm³/mol. The molecule has 0 fully saturated rings. The average Bonchev–Trinajstić information content (AvgIpc) is 3.25. The highest BCUT2D eigenvalue weighted by Gasteiger charge is 2.16. The van der Waals surface area contributed by atoms with Gasteiger partial charge in [0, 0.05) is 17.1 Å². The number of aryl methyl sites for hydroxylation is 2. The highest BCUT2D eigenvalue weighted by molar-refractivity contribution is 7.98. The fraction of sp³-hybridized carbons (Fsp3) is 0.192. The SMILES string of the molecule is CCc1ccccc1NC(=O)NCc1nnc(SCc2ccccc2)n1-c1ccc(C)cc1. The van der Waals surface area contributed by atoms with Crippen LogP contribution in [0, 0.1) is 6.92 Å². The third-order valence-electron chi connectivity index (χ3n) is 5.26. The van der Waals surface area contributed by atoms with Crippen LogP contribution in [0.2, 0.25) is 0 Å². The molecule has 1 heterocycles. The number of anilines is 1. The minimum Gasteiger partial charge on any atom is -0.331 e. The van der Waals surface area contributed by atoms with Crippen LogP contribution in [0.15, 0.2) is 84.0 Å². The van der Waals surface area contributed by atoms with Gasteiger partial charge in [0.1, 0.15) is 0 Å². The number of nitrogens with zero attached hydrogens (tertiary/aromatic N) is 3. The summed E-state index contributed by atoms with van der Waals surface area (Å²) in [4.78, 5) is 12.6. The Kier molecular flexibility index (Phi) is 7.42. The molecular formula is C26H27N5OS. The Morgan fingerprint density at radius 2 is 1.67 bits per heavy atom. The van der Waals surface area contributed by atoms with Crippen molar-refractivity contribution in [3.05, 3.63) is 101 Å². The molecule has 0 bridgehead atoms. The molecule has 0 aliphatic heterocycles. The fourth-order valence-corrected chi connectivity index (χ4v) is 4.39. The molecule has 4 rings (SSSR count). The Labute approximate surface area is 198 Å². The van der Waals surface area contributed by atoms with Gasteiger partial charge in [0.15, 0.2) is 11.0 Å². The first kappa shape index (κ1) is 22.6. The van der Waals surface area contributed by atoms with Crippen molar-refractivity contribution in [3.8, 4) is 5.69 Å². The van der Waals surface area contributed by atoms with Gasteiger partial charge in [-0.25, -0.2) is 4.79 Å². The van der Waals surface area contributed by atoms with E-state index in [1.165, 1.54) is 11.1 Å². The largest absolute Gasteiger partial charge is 0.331 e. The molecule has 3 aromatic carbocycles. The highest BCUT2D eigenvalue weighted by atomic mass is 32.2. The van der Waals surface area contributed by atoms with Crippen molar-refractivity contribution in [1.29, 1.82) is 0 Å². The lowest BCUT2D eigenvalue weighted by Gasteiger charge is -2.13. The quantitative estimate of drug-likeness (QED) is 0.330. The number of rotatable bonds is 8. The van der Waals surface area contributed by atoms with Crippen molar-refractivity contribution in [2.75, 3.05) is 5.32 Å². The van der Waals surface area contributed by atoms with E-state index in [9.17, 15) is 4.79 Å². The van der Waals surface area contributed by atoms with E-state index < -0.39 is 0 Å². The van der Waals surface area contributed by atoms with Crippen LogP contribution in [0.1, 0.15) is 29.4 Å². The minimum absolute atomic E-state index is 0.257. The van der Waals surface area contributed by atoms with Crippen LogP contribution >= 0.6 is 11.8 Å². The van der Waals surface area contributed by atoms with Gasteiger partial charge >= 0.3 is 6.03 Å². The Bertz CT molecular complexity index is 1210. The zero-order chi connectivity index (χ0) is 23.0. The Hall–Kier alpha value is -3.58. The number of hydrogen-bond donors (Lipinski definition) is 2. The van der Waals surface area contributed by atoms with Gasteiger partial charge < -0.3 is 10.6 Å². The van der Waals surface area contributed by atoms with Crippen LogP contribution in [0.25, 0.3) is 5.69 Å². The van der Waals surface area contributed by atoms with Crippen molar-refractivity contribution >= 4 is 23.5 Å². The van der Waals surface area contributed by atoms with Gasteiger partial charge in [0.2, 0.25) is 0 Å². The number of para-hydroxylation sites is 1. The summed E-state index contributed by atoms with van der Waals surface area (Å²) in [6.45, 7) is 4.38. The molecule has 6 nitrogen and oxygen atoms in total. The number of aromatic nitrogens is 3. The molecule has 0 atom stereocenters. The summed E-state index contributed by atoms with van der Waals surface area (Å²) < 4.78 is 2.01. The number of amides is 2. The maximum absolute atomic E-state index is 12.6. The van der Waals surface area contributed by atoms with Crippen LogP contribution in [0.4, 0.5) is 10.5 Å². The van der Waals surface area contributed by atoms with E-state index in [0.29, 0.717) is 5.82 Å². The molecule has 0 aliphatic carbocycles. The van der Waals surface area contributed by atoms with Crippen LogP contribution in [0.3, 0.4) is 0 Å². The Balaban J connectivity index is 1.51. The Morgan fingerprint density at radius 1 is 0.939 bits per heavy atom. The normalized spacial score (nSPS) is 10.7. The molecule has 1 aromatic heterocycles. The van der Waals surface area contributed by atoms with Gasteiger partial charge in [-0.1, -0.05) is 84.9 Å². The highest BCUT2D eigenvalue weighted by Crippen LogP contribution is 2.25. The van der Waals surface area contributed by atoms with Gasteiger partial charge in [0.05, 0.1) is 6.54 Å². The first-order valence-corrected chi connectivity index (χ1v) is 11.9. The summed E-state index contributed by atoms with van der Waals surface area (Å²) in [7, 11) is 0. The van der Waals surface area contributed by atoms with E-state index in [0.717, 1.165) is 34.3 Å². The number of nitrogens with one attached hydrogen (secondary N) is 2. The standard InChI is InChI=1S/C26H27N5OS/c1-3-21-11-7-8-12-23(21)28-25(32)27-17-24-29-30-26(33-18-20-9-5-4-6-10-20)31(24)22-15-13-19(2)14-16-22/h4-16H,3,17-18H2,1-2H3,(H2,27,28,32). The van der Waals surface area contributed by atoms with Crippen molar-refractivity contribution in [2.45, 2.75) is 37.7 Å². The summed E-state index contributed by atoms with van der Waals surface area (Å²) in [5.74, 6) is 1.46. The number of thioether (sulfide) groups is 1. The first-order valence-electron chi connectivity index (χ1n) is 10.9. The molecule has 0 aliphatic rings. The fourth-order valence-electron chi connectivity index (χ4n) is 3.46. The molecule has 0 radical (unpaired) electrons. The molecule has 0 spiro atoms. The smallest absolute Gasteiger partial charge is 0.319 e. The van der Waals surface area contributed by atoms with Crippen molar-refractivity contribution < 1.29 is 4.79 Å². The summed E-state index contributed by atoms with van der Waals surface area (Å²) in [5, 5.41) is 15.5. The van der Waals surface area contributed by atoms with Crippen molar-refractivity contribution in [1.82, 2.24) is 20.1 Å². The molecule has 33 heavy (non-hydrogen) atoms. The lowest BCUT2D eigenvalue weighted by atomic mass is 10.1. The molecule has 4 aromatic rings. The van der Waals surface area contributed by atoms with E-state index in [1.807, 2.05) is 59.2 Å². The number of urea groups is 1. The summed E-state index contributed by atoms with van der Waals surface area (Å²) >= 11 is 1.62. The first-order chi connectivity index (χ1) is 16.1. The molecule has 168 valence electrons. The van der Waals surface area contributed by atoms with Crippen LogP contribution in [0.5, 0.6) is 0 Å². The lowest BCUT2D eigenvalue weighted by Crippen LogP contribution is -2.29. The zero-order valence-electron chi connectivity index (χ0n) is 18.8.